The lowest BCUT2D eigenvalue weighted by Crippen LogP contribution is -2.37. The summed E-state index contributed by atoms with van der Waals surface area (Å²) in [7, 11) is 1.36. The van der Waals surface area contributed by atoms with Crippen LogP contribution in [0.1, 0.15) is 10.4 Å². The normalized spacial score (nSPS) is 10.1. The van der Waals surface area contributed by atoms with Crippen LogP contribution in [0.2, 0.25) is 5.02 Å². The van der Waals surface area contributed by atoms with E-state index in [9.17, 15) is 24.5 Å². The van der Waals surface area contributed by atoms with Crippen molar-refractivity contribution in [2.75, 3.05) is 31.2 Å². The Bertz CT molecular complexity index is 965. The number of likely N-dealkylation sites (N-methyl/N-ethyl adjacent to an activating group) is 1. The van der Waals surface area contributed by atoms with Crippen molar-refractivity contribution in [3.05, 3.63) is 63.2 Å². The molecular weight excluding hydrogens is 404 g/mol. The number of carbonyl (C=O) groups is 3. The average Bonchev–Trinajstić information content (AvgIpc) is 2.67. The molecule has 0 aromatic heterocycles. The van der Waals surface area contributed by atoms with Gasteiger partial charge in [0.25, 0.3) is 11.6 Å². The smallest absolute Gasteiger partial charge is 0.340 e. The molecule has 0 unspecified atom stereocenters. The fraction of sp³-hybridized carbons (Fsp3) is 0.167. The van der Waals surface area contributed by atoms with Gasteiger partial charge in [-0.15, -0.1) is 0 Å². The Morgan fingerprint density at radius 3 is 2.55 bits per heavy atom. The summed E-state index contributed by atoms with van der Waals surface area (Å²) in [5, 5.41) is 13.6. The van der Waals surface area contributed by atoms with Crippen LogP contribution in [-0.2, 0) is 14.3 Å². The zero-order valence-electron chi connectivity index (χ0n) is 15.3. The van der Waals surface area contributed by atoms with Crippen molar-refractivity contribution >= 4 is 46.4 Å². The minimum Gasteiger partial charge on any atom is -0.452 e. The maximum Gasteiger partial charge on any atom is 0.340 e. The van der Waals surface area contributed by atoms with Gasteiger partial charge in [-0.3, -0.25) is 19.7 Å². The summed E-state index contributed by atoms with van der Waals surface area (Å²) in [6, 6.07) is 9.87. The highest BCUT2D eigenvalue weighted by molar-refractivity contribution is 6.33. The second kappa shape index (κ2) is 9.51. The Balaban J connectivity index is 1.88. The van der Waals surface area contributed by atoms with Gasteiger partial charge < -0.3 is 20.7 Å². The number of nitrogens with one attached hydrogen (secondary N) is 1. The maximum atomic E-state index is 12.1. The second-order valence-electron chi connectivity index (χ2n) is 5.88. The van der Waals surface area contributed by atoms with Crippen LogP contribution in [0.15, 0.2) is 42.5 Å². The van der Waals surface area contributed by atoms with Crippen molar-refractivity contribution in [3.63, 3.8) is 0 Å². The zero-order chi connectivity index (χ0) is 21.6. The number of carbonyl (C=O) groups excluding carboxylic acids is 3. The summed E-state index contributed by atoms with van der Waals surface area (Å²) in [6.07, 6.45) is 0. The molecule has 152 valence electrons. The number of hydrogen-bond donors (Lipinski definition) is 2. The number of nitrogens with two attached hydrogens (primary N) is 1. The summed E-state index contributed by atoms with van der Waals surface area (Å²) in [4.78, 5) is 47.3. The van der Waals surface area contributed by atoms with Crippen LogP contribution in [0.3, 0.4) is 0 Å². The highest BCUT2D eigenvalue weighted by atomic mass is 35.5. The molecule has 0 spiro atoms. The molecule has 2 amide bonds. The Morgan fingerprint density at radius 2 is 1.93 bits per heavy atom. The fourth-order valence-corrected chi connectivity index (χ4v) is 2.40. The Labute approximate surface area is 170 Å². The first-order chi connectivity index (χ1) is 13.7. The van der Waals surface area contributed by atoms with E-state index in [2.05, 4.69) is 5.32 Å². The molecule has 0 heterocycles. The maximum absolute atomic E-state index is 12.1. The number of halogens is 1. The van der Waals surface area contributed by atoms with Crippen molar-refractivity contribution in [3.8, 4) is 0 Å². The van der Waals surface area contributed by atoms with E-state index in [-0.39, 0.29) is 23.5 Å². The topological polar surface area (TPSA) is 145 Å². The highest BCUT2D eigenvalue weighted by Gasteiger charge is 2.19. The number of rotatable bonds is 7. The number of esters is 1. The minimum atomic E-state index is -0.917. The van der Waals surface area contributed by atoms with Crippen molar-refractivity contribution in [1.29, 1.82) is 0 Å². The van der Waals surface area contributed by atoms with Crippen LogP contribution in [0, 0.1) is 10.1 Å². The molecule has 0 aliphatic carbocycles. The van der Waals surface area contributed by atoms with Gasteiger partial charge in [0.2, 0.25) is 5.91 Å². The molecule has 10 nitrogen and oxygen atoms in total. The van der Waals surface area contributed by atoms with Crippen molar-refractivity contribution in [2.45, 2.75) is 0 Å². The van der Waals surface area contributed by atoms with E-state index in [4.69, 9.17) is 22.1 Å². The quantitative estimate of drug-likeness (QED) is 0.302. The van der Waals surface area contributed by atoms with Gasteiger partial charge >= 0.3 is 5.97 Å². The lowest BCUT2D eigenvalue weighted by Gasteiger charge is -2.17. The lowest BCUT2D eigenvalue weighted by atomic mass is 10.1. The highest BCUT2D eigenvalue weighted by Crippen LogP contribution is 2.21. The van der Waals surface area contributed by atoms with Crippen molar-refractivity contribution < 1.29 is 24.0 Å². The van der Waals surface area contributed by atoms with E-state index in [1.54, 1.807) is 24.3 Å². The molecule has 0 saturated heterocycles. The van der Waals surface area contributed by atoms with E-state index >= 15 is 0 Å². The first-order valence-corrected chi connectivity index (χ1v) is 8.56. The molecule has 2 aromatic carbocycles. The number of ether oxygens (including phenoxy) is 1. The lowest BCUT2D eigenvalue weighted by molar-refractivity contribution is -0.384. The number of benzene rings is 2. The van der Waals surface area contributed by atoms with Crippen LogP contribution in [-0.4, -0.2) is 47.8 Å². The summed E-state index contributed by atoms with van der Waals surface area (Å²) >= 11 is 5.95. The molecular formula is C18H17ClN4O6. The molecule has 0 atom stereocenters. The van der Waals surface area contributed by atoms with E-state index in [1.165, 1.54) is 7.05 Å². The van der Waals surface area contributed by atoms with Gasteiger partial charge in [0.05, 0.1) is 33.4 Å². The van der Waals surface area contributed by atoms with E-state index in [0.29, 0.717) is 10.7 Å². The van der Waals surface area contributed by atoms with Crippen molar-refractivity contribution in [2.24, 2.45) is 0 Å². The van der Waals surface area contributed by atoms with Gasteiger partial charge in [-0.05, 0) is 18.2 Å². The van der Waals surface area contributed by atoms with Crippen LogP contribution in [0.25, 0.3) is 0 Å². The molecule has 29 heavy (non-hydrogen) atoms. The largest absolute Gasteiger partial charge is 0.452 e. The first kappa shape index (κ1) is 21.6. The number of hydrogen-bond acceptors (Lipinski definition) is 7. The minimum absolute atomic E-state index is 0.109. The molecule has 2 rings (SSSR count). The predicted octanol–water partition coefficient (Wildman–Crippen LogP) is 2.08. The van der Waals surface area contributed by atoms with Gasteiger partial charge in [0, 0.05) is 19.2 Å². The SMILES string of the molecule is CN(CC(=O)Nc1ccccc1Cl)C(=O)COC(=O)c1ccc([N+](=O)[O-])cc1N. The summed E-state index contributed by atoms with van der Waals surface area (Å²) in [6.45, 7) is -0.924. The number of nitrogen functional groups attached to an aromatic ring is 1. The Kier molecular flexibility index (Phi) is 7.10. The molecule has 3 N–H and O–H groups in total. The number of nitro benzene ring substituents is 1. The van der Waals surface area contributed by atoms with Crippen LogP contribution in [0.4, 0.5) is 17.1 Å². The third-order valence-corrected chi connectivity index (χ3v) is 4.08. The van der Waals surface area contributed by atoms with Gasteiger partial charge in [-0.2, -0.15) is 0 Å². The number of nitro groups is 1. The van der Waals surface area contributed by atoms with Crippen LogP contribution in [0.5, 0.6) is 0 Å². The molecule has 0 saturated carbocycles. The van der Waals surface area contributed by atoms with Gasteiger partial charge in [-0.25, -0.2) is 4.79 Å². The number of nitrogens with zero attached hydrogens (tertiary/aromatic N) is 2. The molecule has 11 heteroatoms. The van der Waals surface area contributed by atoms with Crippen LogP contribution >= 0.6 is 11.6 Å². The average molecular weight is 421 g/mol. The van der Waals surface area contributed by atoms with Gasteiger partial charge in [0.1, 0.15) is 0 Å². The van der Waals surface area contributed by atoms with Gasteiger partial charge in [-0.1, -0.05) is 23.7 Å². The second-order valence-corrected chi connectivity index (χ2v) is 6.29. The number of para-hydroxylation sites is 1. The monoisotopic (exact) mass is 420 g/mol. The fourth-order valence-electron chi connectivity index (χ4n) is 2.22. The van der Waals surface area contributed by atoms with Gasteiger partial charge in [0.15, 0.2) is 6.61 Å². The number of anilines is 2. The van der Waals surface area contributed by atoms with E-state index in [0.717, 1.165) is 23.1 Å². The molecule has 2 aromatic rings. The Hall–Kier alpha value is -3.66. The third kappa shape index (κ3) is 5.91. The Morgan fingerprint density at radius 1 is 1.24 bits per heavy atom. The summed E-state index contributed by atoms with van der Waals surface area (Å²) in [5.74, 6) is -2.03. The molecule has 0 fully saturated rings. The molecule has 0 radical (unpaired) electrons. The molecule has 0 aliphatic heterocycles. The molecule has 0 aliphatic rings. The summed E-state index contributed by atoms with van der Waals surface area (Å²) in [5.41, 5.74) is 5.48. The third-order valence-electron chi connectivity index (χ3n) is 3.75. The predicted molar refractivity (Wildman–Crippen MR) is 106 cm³/mol. The number of non-ortho nitro benzene ring substituents is 1. The van der Waals surface area contributed by atoms with E-state index < -0.39 is 29.3 Å². The molecule has 0 bridgehead atoms. The number of amides is 2. The van der Waals surface area contributed by atoms with Crippen LogP contribution < -0.4 is 11.1 Å². The zero-order valence-corrected chi connectivity index (χ0v) is 16.0. The van der Waals surface area contributed by atoms with E-state index in [1.807, 2.05) is 0 Å². The summed E-state index contributed by atoms with van der Waals surface area (Å²) < 4.78 is 4.88. The standard InChI is InChI=1S/C18H17ClN4O6/c1-22(9-16(24)21-15-5-3-2-4-13(15)19)17(25)10-29-18(26)12-7-6-11(23(27)28)8-14(12)20/h2-8H,9-10,20H2,1H3,(H,21,24). The van der Waals surface area contributed by atoms with Crippen molar-refractivity contribution in [1.82, 2.24) is 4.90 Å². The first-order valence-electron chi connectivity index (χ1n) is 8.18.